The van der Waals surface area contributed by atoms with Crippen molar-refractivity contribution in [3.63, 3.8) is 0 Å². The number of benzene rings is 1. The van der Waals surface area contributed by atoms with Gasteiger partial charge in [-0.1, -0.05) is 50.6 Å². The summed E-state index contributed by atoms with van der Waals surface area (Å²) >= 11 is 0. The number of rotatable bonds is 9. The molecular weight excluding hydrogens is 442 g/mol. The molecule has 0 amide bonds. The van der Waals surface area contributed by atoms with Crippen LogP contribution < -0.4 is 5.69 Å². The van der Waals surface area contributed by atoms with Gasteiger partial charge in [0.05, 0.1) is 12.2 Å². The van der Waals surface area contributed by atoms with Gasteiger partial charge in [0.2, 0.25) is 11.8 Å². The van der Waals surface area contributed by atoms with Crippen LogP contribution in [-0.2, 0) is 19.5 Å². The van der Waals surface area contributed by atoms with Crippen LogP contribution in [0.5, 0.6) is 0 Å². The van der Waals surface area contributed by atoms with Crippen molar-refractivity contribution in [3.8, 4) is 28.5 Å². The lowest BCUT2D eigenvalue weighted by molar-refractivity contribution is 0.636. The third-order valence-corrected chi connectivity index (χ3v) is 5.91. The minimum atomic E-state index is -0.106. The number of H-pyrrole nitrogens is 1. The Hall–Kier alpha value is -4.34. The molecule has 0 unspecified atom stereocenters. The van der Waals surface area contributed by atoms with Gasteiger partial charge in [-0.15, -0.1) is 10.2 Å². The van der Waals surface area contributed by atoms with Crippen LogP contribution in [0.4, 0.5) is 0 Å². The third kappa shape index (κ3) is 4.42. The molecule has 0 spiro atoms. The number of nitrogens with zero attached hydrogens (tertiary/aromatic N) is 8. The first kappa shape index (κ1) is 22.5. The number of hydrogen-bond donors (Lipinski definition) is 1. The Labute approximate surface area is 202 Å². The molecule has 4 heterocycles. The van der Waals surface area contributed by atoms with E-state index in [0.29, 0.717) is 18.3 Å². The van der Waals surface area contributed by atoms with Crippen LogP contribution >= 0.6 is 0 Å². The largest absolute Gasteiger partial charge is 0.335 e. The van der Waals surface area contributed by atoms with Gasteiger partial charge < -0.3 is 4.57 Å². The number of aromatic amines is 1. The summed E-state index contributed by atoms with van der Waals surface area (Å²) in [6.45, 7) is 5.42. The zero-order valence-corrected chi connectivity index (χ0v) is 19.8. The number of hydrogen-bond acceptors (Lipinski definition) is 6. The van der Waals surface area contributed by atoms with Crippen LogP contribution in [0, 0.1) is 0 Å². The van der Waals surface area contributed by atoms with Gasteiger partial charge in [-0.05, 0) is 29.7 Å². The first-order valence-electron chi connectivity index (χ1n) is 11.8. The number of aromatic nitrogens is 9. The summed E-state index contributed by atoms with van der Waals surface area (Å²) in [5, 5.41) is 14.4. The van der Waals surface area contributed by atoms with Gasteiger partial charge in [-0.2, -0.15) is 5.21 Å². The topological polar surface area (TPSA) is 112 Å². The van der Waals surface area contributed by atoms with Crippen molar-refractivity contribution >= 4 is 0 Å². The molecule has 0 bridgehead atoms. The van der Waals surface area contributed by atoms with E-state index in [9.17, 15) is 4.79 Å². The van der Waals surface area contributed by atoms with Crippen molar-refractivity contribution in [1.82, 2.24) is 44.3 Å². The van der Waals surface area contributed by atoms with Crippen LogP contribution in [0.25, 0.3) is 28.5 Å². The fraction of sp³-hybridized carbons (Fsp3) is 0.280. The van der Waals surface area contributed by atoms with E-state index in [0.717, 1.165) is 53.9 Å². The Balaban J connectivity index is 1.46. The predicted octanol–water partition coefficient (Wildman–Crippen LogP) is 3.49. The Morgan fingerprint density at radius 3 is 2.57 bits per heavy atom. The number of tetrazole rings is 1. The van der Waals surface area contributed by atoms with Gasteiger partial charge in [0.25, 0.3) is 0 Å². The fourth-order valence-electron chi connectivity index (χ4n) is 4.28. The van der Waals surface area contributed by atoms with Crippen LogP contribution in [0.15, 0.2) is 66.0 Å². The average molecular weight is 470 g/mol. The van der Waals surface area contributed by atoms with Gasteiger partial charge in [-0.3, -0.25) is 9.55 Å². The molecule has 10 heteroatoms. The molecule has 5 rings (SSSR count). The second-order valence-corrected chi connectivity index (χ2v) is 8.35. The molecule has 10 nitrogen and oxygen atoms in total. The van der Waals surface area contributed by atoms with E-state index < -0.39 is 0 Å². The van der Waals surface area contributed by atoms with Crippen LogP contribution in [0.3, 0.4) is 0 Å². The maximum absolute atomic E-state index is 13.4. The highest BCUT2D eigenvalue weighted by Gasteiger charge is 2.17. The highest BCUT2D eigenvalue weighted by molar-refractivity contribution is 5.79. The number of pyridine rings is 1. The fourth-order valence-corrected chi connectivity index (χ4v) is 4.28. The van der Waals surface area contributed by atoms with Gasteiger partial charge in [0.1, 0.15) is 0 Å². The molecule has 1 N–H and O–H groups in total. The SMILES string of the molecule is CCCc1cn(-c2nccn2CCC)c(=O)n1Cc1ccc(-c2ccccc2-c2nn[nH]n2)cn1. The van der Waals surface area contributed by atoms with E-state index in [1.807, 2.05) is 59.6 Å². The molecule has 0 radical (unpaired) electrons. The zero-order valence-electron chi connectivity index (χ0n) is 19.8. The molecule has 0 atom stereocenters. The zero-order chi connectivity index (χ0) is 24.2. The second kappa shape index (κ2) is 9.88. The lowest BCUT2D eigenvalue weighted by atomic mass is 10.0. The van der Waals surface area contributed by atoms with Crippen molar-refractivity contribution in [2.24, 2.45) is 0 Å². The van der Waals surface area contributed by atoms with E-state index in [1.54, 1.807) is 15.3 Å². The van der Waals surface area contributed by atoms with Crippen molar-refractivity contribution in [3.05, 3.63) is 83.1 Å². The molecule has 0 saturated carbocycles. The van der Waals surface area contributed by atoms with Crippen molar-refractivity contribution in [2.75, 3.05) is 0 Å². The highest BCUT2D eigenvalue weighted by Crippen LogP contribution is 2.29. The minimum absolute atomic E-state index is 0.106. The normalized spacial score (nSPS) is 11.3. The maximum Gasteiger partial charge on any atom is 0.335 e. The minimum Gasteiger partial charge on any atom is -0.317 e. The summed E-state index contributed by atoms with van der Waals surface area (Å²) in [5.74, 6) is 1.18. The summed E-state index contributed by atoms with van der Waals surface area (Å²) in [5.41, 5.74) is 4.44. The molecule has 0 saturated heterocycles. The average Bonchev–Trinajstić information content (AvgIpc) is 3.63. The van der Waals surface area contributed by atoms with Gasteiger partial charge in [0, 0.05) is 48.2 Å². The maximum atomic E-state index is 13.4. The van der Waals surface area contributed by atoms with E-state index in [1.165, 1.54) is 0 Å². The van der Waals surface area contributed by atoms with E-state index in [4.69, 9.17) is 0 Å². The second-order valence-electron chi connectivity index (χ2n) is 8.35. The van der Waals surface area contributed by atoms with Gasteiger partial charge in [0.15, 0.2) is 0 Å². The Kier molecular flexibility index (Phi) is 6.34. The summed E-state index contributed by atoms with van der Waals surface area (Å²) in [6.07, 6.45) is 10.1. The van der Waals surface area contributed by atoms with Crippen LogP contribution in [-0.4, -0.2) is 44.3 Å². The molecule has 5 aromatic rings. The Bertz CT molecular complexity index is 1460. The number of aryl methyl sites for hydroxylation is 2. The van der Waals surface area contributed by atoms with Crippen LogP contribution in [0.2, 0.25) is 0 Å². The first-order valence-corrected chi connectivity index (χ1v) is 11.8. The van der Waals surface area contributed by atoms with Gasteiger partial charge in [-0.25, -0.2) is 14.3 Å². The number of imidazole rings is 2. The predicted molar refractivity (Wildman–Crippen MR) is 132 cm³/mol. The number of nitrogens with one attached hydrogen (secondary N) is 1. The van der Waals surface area contributed by atoms with E-state index in [2.05, 4.69) is 44.4 Å². The van der Waals surface area contributed by atoms with Crippen molar-refractivity contribution in [1.29, 1.82) is 0 Å². The molecule has 4 aromatic heterocycles. The van der Waals surface area contributed by atoms with E-state index >= 15 is 0 Å². The molecule has 0 aliphatic heterocycles. The smallest absolute Gasteiger partial charge is 0.317 e. The molecule has 1 aromatic carbocycles. The molecule has 178 valence electrons. The lowest BCUT2D eigenvalue weighted by Gasteiger charge is -2.09. The lowest BCUT2D eigenvalue weighted by Crippen LogP contribution is -2.26. The van der Waals surface area contributed by atoms with E-state index in [-0.39, 0.29) is 5.69 Å². The Morgan fingerprint density at radius 1 is 1.00 bits per heavy atom. The summed E-state index contributed by atoms with van der Waals surface area (Å²) in [6, 6.07) is 11.8. The Morgan fingerprint density at radius 2 is 1.86 bits per heavy atom. The summed E-state index contributed by atoms with van der Waals surface area (Å²) < 4.78 is 5.45. The monoisotopic (exact) mass is 469 g/mol. The summed E-state index contributed by atoms with van der Waals surface area (Å²) in [4.78, 5) is 22.5. The summed E-state index contributed by atoms with van der Waals surface area (Å²) in [7, 11) is 0. The third-order valence-electron chi connectivity index (χ3n) is 5.91. The standard InChI is InChI=1S/C25H27N9O/c1-3-7-20-17-34(24-26-12-14-32(24)13-4-2)25(35)33(20)16-19-11-10-18(15-27-19)21-8-5-6-9-22(21)23-28-30-31-29-23/h5-6,8-12,14-15,17H,3-4,7,13,16H2,1-2H3,(H,28,29,30,31). The molecule has 0 aliphatic carbocycles. The van der Waals surface area contributed by atoms with Crippen molar-refractivity contribution < 1.29 is 0 Å². The molecule has 35 heavy (non-hydrogen) atoms. The first-order chi connectivity index (χ1) is 17.2. The quantitative estimate of drug-likeness (QED) is 0.354. The van der Waals surface area contributed by atoms with Gasteiger partial charge >= 0.3 is 5.69 Å². The molecule has 0 fully saturated rings. The van der Waals surface area contributed by atoms with Crippen LogP contribution in [0.1, 0.15) is 38.1 Å². The highest BCUT2D eigenvalue weighted by atomic mass is 16.1. The van der Waals surface area contributed by atoms with Crippen molar-refractivity contribution in [2.45, 2.75) is 46.2 Å². The molecule has 0 aliphatic rings. The molecular formula is C25H27N9O.